The summed E-state index contributed by atoms with van der Waals surface area (Å²) >= 11 is 5.82. The number of rotatable bonds is 2. The van der Waals surface area contributed by atoms with E-state index >= 15 is 0 Å². The number of fused-ring (bicyclic) bond motifs is 1. The zero-order chi connectivity index (χ0) is 14.1. The Labute approximate surface area is 121 Å². The molecule has 1 aliphatic rings. The molecule has 2 aromatic rings. The molecule has 4 nitrogen and oxygen atoms in total. The van der Waals surface area contributed by atoms with Crippen molar-refractivity contribution >= 4 is 23.2 Å². The van der Waals surface area contributed by atoms with Gasteiger partial charge in [0.15, 0.2) is 11.5 Å². The van der Waals surface area contributed by atoms with Crippen LogP contribution in [-0.4, -0.2) is 19.7 Å². The molecule has 20 heavy (non-hydrogen) atoms. The highest BCUT2D eigenvalue weighted by atomic mass is 35.5. The molecule has 1 amide bonds. The predicted octanol–water partition coefficient (Wildman–Crippen LogP) is 3.35. The van der Waals surface area contributed by atoms with Crippen molar-refractivity contribution in [1.82, 2.24) is 0 Å². The van der Waals surface area contributed by atoms with Crippen molar-refractivity contribution in [3.8, 4) is 11.5 Å². The minimum Gasteiger partial charge on any atom is -0.454 e. The second kappa shape index (κ2) is 5.06. The van der Waals surface area contributed by atoms with E-state index in [1.165, 1.54) is 0 Å². The SMILES string of the molecule is CN(C(=O)c1ccc(Cl)cc1)c1ccc2c(c1)OCO2. The average molecular weight is 290 g/mol. The number of hydrogen-bond donors (Lipinski definition) is 0. The molecule has 5 heteroatoms. The molecular formula is C15H12ClNO3. The van der Waals surface area contributed by atoms with Crippen LogP contribution in [0.4, 0.5) is 5.69 Å². The van der Waals surface area contributed by atoms with E-state index in [1.54, 1.807) is 48.3 Å². The summed E-state index contributed by atoms with van der Waals surface area (Å²) < 4.78 is 10.6. The first kappa shape index (κ1) is 12.8. The number of carbonyl (C=O) groups excluding carboxylic acids is 1. The van der Waals surface area contributed by atoms with Gasteiger partial charge < -0.3 is 14.4 Å². The first-order valence-electron chi connectivity index (χ1n) is 6.08. The van der Waals surface area contributed by atoms with Crippen molar-refractivity contribution < 1.29 is 14.3 Å². The van der Waals surface area contributed by atoms with Gasteiger partial charge in [0, 0.05) is 29.4 Å². The van der Waals surface area contributed by atoms with Gasteiger partial charge in [0.25, 0.3) is 5.91 Å². The number of ether oxygens (including phenoxy) is 2. The Hall–Kier alpha value is -2.20. The van der Waals surface area contributed by atoms with Gasteiger partial charge in [0.05, 0.1) is 0 Å². The molecule has 0 spiro atoms. The summed E-state index contributed by atoms with van der Waals surface area (Å²) in [5, 5.41) is 0.604. The van der Waals surface area contributed by atoms with Gasteiger partial charge in [-0.15, -0.1) is 0 Å². The van der Waals surface area contributed by atoms with Crippen molar-refractivity contribution in [2.24, 2.45) is 0 Å². The molecule has 0 aromatic heterocycles. The molecule has 102 valence electrons. The third kappa shape index (κ3) is 2.30. The fraction of sp³-hybridized carbons (Fsp3) is 0.133. The van der Waals surface area contributed by atoms with E-state index in [4.69, 9.17) is 21.1 Å². The van der Waals surface area contributed by atoms with Gasteiger partial charge in [0.2, 0.25) is 6.79 Å². The first-order valence-corrected chi connectivity index (χ1v) is 6.46. The summed E-state index contributed by atoms with van der Waals surface area (Å²) in [7, 11) is 1.72. The smallest absolute Gasteiger partial charge is 0.258 e. The summed E-state index contributed by atoms with van der Waals surface area (Å²) in [4.78, 5) is 13.9. The van der Waals surface area contributed by atoms with Gasteiger partial charge in [-0.3, -0.25) is 4.79 Å². The Bertz CT molecular complexity index is 655. The van der Waals surface area contributed by atoms with Gasteiger partial charge in [-0.2, -0.15) is 0 Å². The van der Waals surface area contributed by atoms with Gasteiger partial charge in [-0.25, -0.2) is 0 Å². The number of nitrogens with zero attached hydrogens (tertiary/aromatic N) is 1. The third-order valence-corrected chi connectivity index (χ3v) is 3.39. The maximum Gasteiger partial charge on any atom is 0.258 e. The van der Waals surface area contributed by atoms with E-state index in [1.807, 2.05) is 6.07 Å². The van der Waals surface area contributed by atoms with Crippen molar-refractivity contribution in [2.45, 2.75) is 0 Å². The highest BCUT2D eigenvalue weighted by Crippen LogP contribution is 2.35. The standard InChI is InChI=1S/C15H12ClNO3/c1-17(15(18)10-2-4-11(16)5-3-10)12-6-7-13-14(8-12)20-9-19-13/h2-8H,9H2,1H3. The van der Waals surface area contributed by atoms with Crippen molar-refractivity contribution in [3.05, 3.63) is 53.1 Å². The Morgan fingerprint density at radius 3 is 2.55 bits per heavy atom. The minimum atomic E-state index is -0.111. The van der Waals surface area contributed by atoms with Gasteiger partial charge in [0.1, 0.15) is 0 Å². The van der Waals surface area contributed by atoms with Crippen LogP contribution in [0.5, 0.6) is 11.5 Å². The van der Waals surface area contributed by atoms with Crippen LogP contribution in [0.2, 0.25) is 5.02 Å². The number of halogens is 1. The normalized spacial score (nSPS) is 12.3. The van der Waals surface area contributed by atoms with E-state index in [-0.39, 0.29) is 12.7 Å². The molecular weight excluding hydrogens is 278 g/mol. The second-order valence-electron chi connectivity index (χ2n) is 4.41. The monoisotopic (exact) mass is 289 g/mol. The number of benzene rings is 2. The highest BCUT2D eigenvalue weighted by Gasteiger charge is 2.18. The quantitative estimate of drug-likeness (QED) is 0.851. The molecule has 0 atom stereocenters. The molecule has 3 rings (SSSR count). The predicted molar refractivity (Wildman–Crippen MR) is 76.8 cm³/mol. The Morgan fingerprint density at radius 2 is 1.80 bits per heavy atom. The fourth-order valence-corrected chi connectivity index (χ4v) is 2.12. The molecule has 1 aliphatic heterocycles. The Balaban J connectivity index is 1.86. The number of hydrogen-bond acceptors (Lipinski definition) is 3. The minimum absolute atomic E-state index is 0.111. The molecule has 1 heterocycles. The topological polar surface area (TPSA) is 38.8 Å². The van der Waals surface area contributed by atoms with Crippen LogP contribution in [0.3, 0.4) is 0 Å². The maximum atomic E-state index is 12.4. The molecule has 0 aliphatic carbocycles. The Morgan fingerprint density at radius 1 is 1.10 bits per heavy atom. The molecule has 0 unspecified atom stereocenters. The summed E-state index contributed by atoms with van der Waals surface area (Å²) in [6.07, 6.45) is 0. The van der Waals surface area contributed by atoms with Gasteiger partial charge in [-0.05, 0) is 36.4 Å². The van der Waals surface area contributed by atoms with Crippen LogP contribution in [0.25, 0.3) is 0 Å². The number of carbonyl (C=O) groups is 1. The van der Waals surface area contributed by atoms with Crippen LogP contribution in [0.1, 0.15) is 10.4 Å². The summed E-state index contributed by atoms with van der Waals surface area (Å²) in [6, 6.07) is 12.2. The largest absolute Gasteiger partial charge is 0.454 e. The van der Waals surface area contributed by atoms with E-state index in [9.17, 15) is 4.79 Å². The lowest BCUT2D eigenvalue weighted by Crippen LogP contribution is -2.26. The van der Waals surface area contributed by atoms with Gasteiger partial charge in [-0.1, -0.05) is 11.6 Å². The molecule has 0 fully saturated rings. The van der Waals surface area contributed by atoms with Crippen LogP contribution in [-0.2, 0) is 0 Å². The van der Waals surface area contributed by atoms with Crippen LogP contribution < -0.4 is 14.4 Å². The van der Waals surface area contributed by atoms with Crippen LogP contribution in [0, 0.1) is 0 Å². The highest BCUT2D eigenvalue weighted by molar-refractivity contribution is 6.30. The van der Waals surface area contributed by atoms with E-state index in [2.05, 4.69) is 0 Å². The van der Waals surface area contributed by atoms with Crippen LogP contribution in [0.15, 0.2) is 42.5 Å². The molecule has 2 aromatic carbocycles. The van der Waals surface area contributed by atoms with E-state index < -0.39 is 0 Å². The molecule has 0 bridgehead atoms. The first-order chi connectivity index (χ1) is 9.65. The third-order valence-electron chi connectivity index (χ3n) is 3.14. The van der Waals surface area contributed by atoms with Crippen molar-refractivity contribution in [3.63, 3.8) is 0 Å². The van der Waals surface area contributed by atoms with Crippen molar-refractivity contribution in [1.29, 1.82) is 0 Å². The zero-order valence-corrected chi connectivity index (χ0v) is 11.6. The zero-order valence-electron chi connectivity index (χ0n) is 10.8. The van der Waals surface area contributed by atoms with E-state index in [0.717, 1.165) is 5.69 Å². The number of anilines is 1. The lowest BCUT2D eigenvalue weighted by Gasteiger charge is -2.17. The lowest BCUT2D eigenvalue weighted by atomic mass is 10.2. The summed E-state index contributed by atoms with van der Waals surface area (Å²) in [6.45, 7) is 0.216. The molecule has 0 N–H and O–H groups in total. The maximum absolute atomic E-state index is 12.4. The Kier molecular flexibility index (Phi) is 3.24. The van der Waals surface area contributed by atoms with Crippen LogP contribution >= 0.6 is 11.6 Å². The average Bonchev–Trinajstić information content (AvgIpc) is 2.94. The molecule has 0 saturated heterocycles. The van der Waals surface area contributed by atoms with E-state index in [0.29, 0.717) is 22.1 Å². The number of amides is 1. The molecule has 0 saturated carbocycles. The van der Waals surface area contributed by atoms with Crippen molar-refractivity contribution in [2.75, 3.05) is 18.7 Å². The summed E-state index contributed by atoms with van der Waals surface area (Å²) in [5.41, 5.74) is 1.32. The second-order valence-corrected chi connectivity index (χ2v) is 4.85. The molecule has 0 radical (unpaired) electrons. The summed E-state index contributed by atoms with van der Waals surface area (Å²) in [5.74, 6) is 1.24. The lowest BCUT2D eigenvalue weighted by molar-refractivity contribution is 0.0993. The fourth-order valence-electron chi connectivity index (χ4n) is 2.00. The van der Waals surface area contributed by atoms with Gasteiger partial charge >= 0.3 is 0 Å².